The van der Waals surface area contributed by atoms with Gasteiger partial charge in [0, 0.05) is 16.8 Å². The molecule has 0 aliphatic carbocycles. The van der Waals surface area contributed by atoms with Crippen molar-refractivity contribution >= 4 is 35.0 Å². The summed E-state index contributed by atoms with van der Waals surface area (Å²) in [6.07, 6.45) is 0. The Bertz CT molecular complexity index is 842. The molecule has 5 heteroatoms. The molecule has 0 spiro atoms. The molecule has 0 saturated carbocycles. The highest BCUT2D eigenvalue weighted by Gasteiger charge is 2.34. The maximum absolute atomic E-state index is 12.5. The number of nitrogens with zero attached hydrogens (tertiary/aromatic N) is 1. The number of carbonyl (C=O) groups excluding carboxylic acids is 2. The highest BCUT2D eigenvalue weighted by molar-refractivity contribution is 8.00. The van der Waals surface area contributed by atoms with Gasteiger partial charge < -0.3 is 5.32 Å². The number of hydrogen-bond acceptors (Lipinski definition) is 3. The van der Waals surface area contributed by atoms with E-state index in [9.17, 15) is 9.59 Å². The van der Waals surface area contributed by atoms with Crippen molar-refractivity contribution < 1.29 is 9.59 Å². The highest BCUT2D eigenvalue weighted by Crippen LogP contribution is 2.42. The third-order valence-electron chi connectivity index (χ3n) is 4.26. The van der Waals surface area contributed by atoms with E-state index in [-0.39, 0.29) is 17.2 Å². The zero-order valence-electron chi connectivity index (χ0n) is 15.6. The predicted molar refractivity (Wildman–Crippen MR) is 108 cm³/mol. The first-order chi connectivity index (χ1) is 12.3. The number of hydrogen-bond donors (Lipinski definition) is 1. The van der Waals surface area contributed by atoms with Gasteiger partial charge in [-0.3, -0.25) is 14.5 Å². The number of amides is 2. The van der Waals surface area contributed by atoms with Crippen molar-refractivity contribution in [3.63, 3.8) is 0 Å². The number of aryl methyl sites for hydroxylation is 1. The molecule has 0 unspecified atom stereocenters. The molecule has 1 atom stereocenters. The van der Waals surface area contributed by atoms with E-state index in [4.69, 9.17) is 0 Å². The minimum absolute atomic E-state index is 0.0275. The van der Waals surface area contributed by atoms with Crippen LogP contribution in [0, 0.1) is 12.3 Å². The van der Waals surface area contributed by atoms with Crippen molar-refractivity contribution in [2.24, 2.45) is 5.41 Å². The molecule has 1 N–H and O–H groups in total. The van der Waals surface area contributed by atoms with Crippen molar-refractivity contribution in [1.82, 2.24) is 0 Å². The molecule has 2 aromatic rings. The number of thioether (sulfide) groups is 1. The van der Waals surface area contributed by atoms with Gasteiger partial charge in [-0.25, -0.2) is 0 Å². The lowest BCUT2D eigenvalue weighted by Gasteiger charge is -2.25. The van der Waals surface area contributed by atoms with Crippen molar-refractivity contribution in [1.29, 1.82) is 0 Å². The minimum atomic E-state index is -0.457. The van der Waals surface area contributed by atoms with Crippen molar-refractivity contribution in [3.05, 3.63) is 59.7 Å². The number of rotatable bonds is 3. The van der Waals surface area contributed by atoms with Crippen LogP contribution >= 0.6 is 11.8 Å². The largest absolute Gasteiger partial charge is 0.326 e. The Hall–Kier alpha value is -2.27. The van der Waals surface area contributed by atoms with E-state index in [1.54, 1.807) is 11.8 Å². The monoisotopic (exact) mass is 368 g/mol. The Morgan fingerprint density at radius 3 is 2.58 bits per heavy atom. The maximum atomic E-state index is 12.5. The molecule has 1 heterocycles. The summed E-state index contributed by atoms with van der Waals surface area (Å²) in [7, 11) is 0. The van der Waals surface area contributed by atoms with Gasteiger partial charge in [0.1, 0.15) is 5.37 Å². The van der Waals surface area contributed by atoms with Crippen molar-refractivity contribution in [3.8, 4) is 0 Å². The summed E-state index contributed by atoms with van der Waals surface area (Å²) >= 11 is 1.61. The smallest absolute Gasteiger partial charge is 0.238 e. The van der Waals surface area contributed by atoms with E-state index in [0.29, 0.717) is 5.75 Å². The molecule has 26 heavy (non-hydrogen) atoms. The Kier molecular flexibility index (Phi) is 5.10. The summed E-state index contributed by atoms with van der Waals surface area (Å²) in [6, 6.07) is 15.8. The Morgan fingerprint density at radius 2 is 1.88 bits per heavy atom. The summed E-state index contributed by atoms with van der Waals surface area (Å²) in [5.74, 6) is 0.534. The topological polar surface area (TPSA) is 49.4 Å². The molecule has 1 aliphatic heterocycles. The van der Waals surface area contributed by atoms with Crippen molar-refractivity contribution in [2.45, 2.75) is 33.1 Å². The molecule has 2 amide bonds. The van der Waals surface area contributed by atoms with Gasteiger partial charge in [-0.15, -0.1) is 11.8 Å². The minimum Gasteiger partial charge on any atom is -0.326 e. The quantitative estimate of drug-likeness (QED) is 0.850. The Morgan fingerprint density at radius 1 is 1.15 bits per heavy atom. The molecule has 0 radical (unpaired) electrons. The Labute approximate surface area is 159 Å². The van der Waals surface area contributed by atoms with E-state index >= 15 is 0 Å². The number of carbonyl (C=O) groups is 2. The lowest BCUT2D eigenvalue weighted by Crippen LogP contribution is -2.28. The molecule has 1 fully saturated rings. The molecule has 0 bridgehead atoms. The van der Waals surface area contributed by atoms with Gasteiger partial charge >= 0.3 is 0 Å². The number of anilines is 2. The molecular weight excluding hydrogens is 344 g/mol. The predicted octanol–water partition coefficient (Wildman–Crippen LogP) is 4.76. The fraction of sp³-hybridized carbons (Fsp3) is 0.333. The van der Waals surface area contributed by atoms with Gasteiger partial charge in [-0.1, -0.05) is 45.0 Å². The van der Waals surface area contributed by atoms with Crippen LogP contribution in [0.4, 0.5) is 11.4 Å². The average Bonchev–Trinajstić information content (AvgIpc) is 2.96. The van der Waals surface area contributed by atoms with Crippen molar-refractivity contribution in [2.75, 3.05) is 16.0 Å². The summed E-state index contributed by atoms with van der Waals surface area (Å²) in [5.41, 5.74) is 3.34. The number of nitrogens with one attached hydrogen (secondary N) is 1. The van der Waals surface area contributed by atoms with Gasteiger partial charge in [0.15, 0.2) is 0 Å². The van der Waals surface area contributed by atoms with Crippen LogP contribution in [0.3, 0.4) is 0 Å². The summed E-state index contributed by atoms with van der Waals surface area (Å²) in [4.78, 5) is 26.6. The molecule has 136 valence electrons. The average molecular weight is 369 g/mol. The number of benzene rings is 2. The molecule has 0 aromatic heterocycles. The molecule has 4 nitrogen and oxygen atoms in total. The van der Waals surface area contributed by atoms with Crippen LogP contribution in [0.15, 0.2) is 48.5 Å². The standard InChI is InChI=1S/C21H24N2O2S/c1-14-7-5-10-17(11-14)23-18(24)13-26-19(23)15-8-6-9-16(12-15)22-20(25)21(2,3)4/h5-12,19H,13H2,1-4H3,(H,22,25)/t19-/m1/s1. The van der Waals surface area contributed by atoms with Crippen LogP contribution < -0.4 is 10.2 Å². The van der Waals surface area contributed by atoms with Gasteiger partial charge in [-0.05, 0) is 42.3 Å². The van der Waals surface area contributed by atoms with E-state index < -0.39 is 5.41 Å². The first-order valence-corrected chi connectivity index (χ1v) is 9.72. The molecule has 1 aliphatic rings. The first kappa shape index (κ1) is 18.5. The Balaban J connectivity index is 1.89. The van der Waals surface area contributed by atoms with Gasteiger partial charge in [-0.2, -0.15) is 0 Å². The zero-order valence-corrected chi connectivity index (χ0v) is 16.4. The maximum Gasteiger partial charge on any atom is 0.238 e. The summed E-state index contributed by atoms with van der Waals surface area (Å²) in [6.45, 7) is 7.68. The second-order valence-corrected chi connectivity index (χ2v) is 8.66. The van der Waals surface area contributed by atoms with Crippen LogP contribution in [0.25, 0.3) is 0 Å². The molecular formula is C21H24N2O2S. The fourth-order valence-electron chi connectivity index (χ4n) is 2.82. The van der Waals surface area contributed by atoms with Gasteiger partial charge in [0.05, 0.1) is 5.75 Å². The third kappa shape index (κ3) is 3.93. The summed E-state index contributed by atoms with van der Waals surface area (Å²) in [5, 5.41) is 2.88. The van der Waals surface area contributed by atoms with Crippen LogP contribution in [0.2, 0.25) is 0 Å². The second kappa shape index (κ2) is 7.16. The van der Waals surface area contributed by atoms with E-state index in [0.717, 1.165) is 22.5 Å². The van der Waals surface area contributed by atoms with Gasteiger partial charge in [0.25, 0.3) is 0 Å². The van der Waals surface area contributed by atoms with Crippen LogP contribution in [-0.2, 0) is 9.59 Å². The lowest BCUT2D eigenvalue weighted by atomic mass is 9.95. The molecule has 2 aromatic carbocycles. The van der Waals surface area contributed by atoms with E-state index in [1.165, 1.54) is 0 Å². The second-order valence-electron chi connectivity index (χ2n) is 7.60. The third-order valence-corrected chi connectivity index (χ3v) is 5.47. The molecule has 3 rings (SSSR count). The highest BCUT2D eigenvalue weighted by atomic mass is 32.2. The zero-order chi connectivity index (χ0) is 18.9. The SMILES string of the molecule is Cc1cccc(N2C(=O)CS[C@@H]2c2cccc(NC(=O)C(C)(C)C)c2)c1. The lowest BCUT2D eigenvalue weighted by molar-refractivity contribution is -0.123. The first-order valence-electron chi connectivity index (χ1n) is 8.67. The summed E-state index contributed by atoms with van der Waals surface area (Å²) < 4.78 is 0. The van der Waals surface area contributed by atoms with Crippen LogP contribution in [-0.4, -0.2) is 17.6 Å². The van der Waals surface area contributed by atoms with Gasteiger partial charge in [0.2, 0.25) is 11.8 Å². The van der Waals surface area contributed by atoms with E-state index in [2.05, 4.69) is 5.32 Å². The fourth-order valence-corrected chi connectivity index (χ4v) is 3.98. The normalized spacial score (nSPS) is 17.5. The van der Waals surface area contributed by atoms with Crippen LogP contribution in [0.1, 0.15) is 37.3 Å². The van der Waals surface area contributed by atoms with E-state index in [1.807, 2.05) is 81.1 Å². The van der Waals surface area contributed by atoms with Crippen LogP contribution in [0.5, 0.6) is 0 Å². The molecule has 1 saturated heterocycles.